The fraction of sp³-hybridized carbons (Fsp3) is 0.357. The number of fused-ring (bicyclic) bond motifs is 1. The molecule has 5 aromatic carbocycles. The Kier molecular flexibility index (Phi) is 8.19. The van der Waals surface area contributed by atoms with Crippen LogP contribution in [-0.2, 0) is 10.8 Å². The van der Waals surface area contributed by atoms with Crippen LogP contribution in [0.1, 0.15) is 129 Å². The molecule has 2 saturated carbocycles. The summed E-state index contributed by atoms with van der Waals surface area (Å²) in [6, 6.07) is 34.1. The Morgan fingerprint density at radius 3 is 1.56 bits per heavy atom. The molecule has 0 aliphatic heterocycles. The summed E-state index contributed by atoms with van der Waals surface area (Å²) in [6.45, 7) is 23.0. The largest absolute Gasteiger partial charge is 0.310 e. The van der Waals surface area contributed by atoms with Gasteiger partial charge >= 0.3 is 0 Å². The van der Waals surface area contributed by atoms with Crippen LogP contribution < -0.4 is 4.90 Å². The van der Waals surface area contributed by atoms with Gasteiger partial charge in [-0.05, 0) is 173 Å². The Hall–Kier alpha value is -4.88. The third kappa shape index (κ3) is 5.33. The van der Waals surface area contributed by atoms with Crippen LogP contribution in [-0.4, -0.2) is 0 Å². The maximum absolute atomic E-state index is 2.63. The van der Waals surface area contributed by atoms with Crippen LogP contribution in [0, 0.1) is 67.2 Å². The molecule has 6 atom stereocenters. The molecule has 288 valence electrons. The van der Waals surface area contributed by atoms with Crippen molar-refractivity contribution in [2.24, 2.45) is 11.8 Å². The van der Waals surface area contributed by atoms with Gasteiger partial charge in [-0.1, -0.05) is 121 Å². The number of aryl methyl sites for hydroxylation is 8. The van der Waals surface area contributed by atoms with Crippen molar-refractivity contribution in [1.82, 2.24) is 0 Å². The van der Waals surface area contributed by atoms with Crippen LogP contribution in [0.25, 0.3) is 11.3 Å². The van der Waals surface area contributed by atoms with E-state index in [1.165, 1.54) is 73.6 Å². The maximum atomic E-state index is 2.63. The van der Waals surface area contributed by atoms with Gasteiger partial charge < -0.3 is 4.90 Å². The topological polar surface area (TPSA) is 3.24 Å². The van der Waals surface area contributed by atoms with E-state index < -0.39 is 0 Å². The van der Waals surface area contributed by atoms with E-state index in [0.29, 0.717) is 23.7 Å². The molecule has 0 saturated heterocycles. The van der Waals surface area contributed by atoms with Gasteiger partial charge in [-0.15, -0.1) is 0 Å². The molecule has 57 heavy (non-hydrogen) atoms. The van der Waals surface area contributed by atoms with E-state index in [1.54, 1.807) is 39.0 Å². The standard InChI is InChI=1S/C56H59N/c1-11-40-29-50(54-55(42-21-32(3)17-33(4)22-42)31-56(54,55)43-23-34(5)18-35(6)24-43)48-15-13-47-41(12-2)30-51(49-16-14-46(40)52(48)53(47)49)57(44-25-36(7)19-37(8)26-44)45-27-38(9)20-39(10)28-45/h13-28,30,40-41,47,54H,11-12,29,31H2,1-10H3/t40?,41?,47?,54?,55-,56?/m1/s1. The summed E-state index contributed by atoms with van der Waals surface area (Å²) >= 11 is 0. The lowest BCUT2D eigenvalue weighted by Crippen LogP contribution is -2.28. The van der Waals surface area contributed by atoms with Crippen LogP contribution in [0.3, 0.4) is 0 Å². The molecule has 5 unspecified atom stereocenters. The van der Waals surface area contributed by atoms with Gasteiger partial charge in [-0.2, -0.15) is 0 Å². The number of hydrogen-bond acceptors (Lipinski definition) is 1. The Balaban J connectivity index is 1.21. The highest BCUT2D eigenvalue weighted by Crippen LogP contribution is 2.92. The molecule has 0 radical (unpaired) electrons. The van der Waals surface area contributed by atoms with Crippen molar-refractivity contribution < 1.29 is 0 Å². The van der Waals surface area contributed by atoms with E-state index in [1.807, 2.05) is 0 Å². The summed E-state index contributed by atoms with van der Waals surface area (Å²) in [4.78, 5) is 2.60. The zero-order chi connectivity index (χ0) is 39.7. The Bertz CT molecular complexity index is 2430. The lowest BCUT2D eigenvalue weighted by molar-refractivity contribution is 0.533. The van der Waals surface area contributed by atoms with E-state index >= 15 is 0 Å². The van der Waals surface area contributed by atoms with Gasteiger partial charge in [0, 0.05) is 45.3 Å². The van der Waals surface area contributed by atoms with E-state index in [2.05, 4.69) is 177 Å². The van der Waals surface area contributed by atoms with Crippen LogP contribution in [0.5, 0.6) is 0 Å². The minimum Gasteiger partial charge on any atom is -0.310 e. The monoisotopic (exact) mass is 745 g/mol. The number of anilines is 2. The molecular formula is C56H59N. The van der Waals surface area contributed by atoms with Crippen LogP contribution in [0.15, 0.2) is 109 Å². The average Bonchev–Trinajstić information content (AvgIpc) is 4.01. The summed E-state index contributed by atoms with van der Waals surface area (Å²) in [7, 11) is 0. The molecule has 1 heteroatoms. The van der Waals surface area contributed by atoms with Gasteiger partial charge in [0.2, 0.25) is 0 Å². The Morgan fingerprint density at radius 2 is 1.09 bits per heavy atom. The van der Waals surface area contributed by atoms with Gasteiger partial charge in [0.25, 0.3) is 0 Å². The second-order valence-corrected chi connectivity index (χ2v) is 19.1. The van der Waals surface area contributed by atoms with Gasteiger partial charge in [-0.25, -0.2) is 0 Å². The van der Waals surface area contributed by atoms with Crippen molar-refractivity contribution in [1.29, 1.82) is 0 Å². The van der Waals surface area contributed by atoms with Crippen molar-refractivity contribution >= 4 is 22.6 Å². The highest BCUT2D eigenvalue weighted by atomic mass is 15.2. The zero-order valence-corrected chi connectivity index (χ0v) is 35.9. The van der Waals surface area contributed by atoms with Crippen molar-refractivity contribution in [2.45, 2.75) is 118 Å². The summed E-state index contributed by atoms with van der Waals surface area (Å²) in [6.07, 6.45) is 12.5. The fourth-order valence-corrected chi connectivity index (χ4v) is 12.7. The molecule has 0 heterocycles. The molecule has 0 N–H and O–H groups in total. The van der Waals surface area contributed by atoms with Gasteiger partial charge in [-0.3, -0.25) is 0 Å². The van der Waals surface area contributed by atoms with E-state index in [0.717, 1.165) is 19.3 Å². The lowest BCUT2D eigenvalue weighted by Gasteiger charge is -2.43. The predicted molar refractivity (Wildman–Crippen MR) is 242 cm³/mol. The lowest BCUT2D eigenvalue weighted by atomic mass is 9.64. The molecule has 0 aromatic heterocycles. The number of rotatable bonds is 8. The first-order chi connectivity index (χ1) is 27.4. The average molecular weight is 746 g/mol. The second kappa shape index (κ2) is 12.8. The maximum Gasteiger partial charge on any atom is 0.0500 e. The third-order valence-electron chi connectivity index (χ3n) is 14.8. The quantitative estimate of drug-likeness (QED) is 0.153. The number of nitrogens with zero attached hydrogens (tertiary/aromatic N) is 1. The molecule has 2 fully saturated rings. The molecule has 5 aromatic rings. The second-order valence-electron chi connectivity index (χ2n) is 19.1. The molecule has 5 aliphatic carbocycles. The summed E-state index contributed by atoms with van der Waals surface area (Å²) in [5.74, 6) is 1.83. The molecule has 1 nitrogen and oxygen atoms in total. The Morgan fingerprint density at radius 1 is 0.596 bits per heavy atom. The van der Waals surface area contributed by atoms with Gasteiger partial charge in [0.1, 0.15) is 0 Å². The van der Waals surface area contributed by atoms with Gasteiger partial charge in [0.15, 0.2) is 0 Å². The van der Waals surface area contributed by atoms with Crippen molar-refractivity contribution in [3.05, 3.63) is 187 Å². The number of allylic oxidation sites excluding steroid dienone is 5. The summed E-state index contributed by atoms with van der Waals surface area (Å²) in [5.41, 5.74) is 27.5. The highest BCUT2D eigenvalue weighted by molar-refractivity contribution is 5.96. The van der Waals surface area contributed by atoms with Crippen LogP contribution in [0.2, 0.25) is 0 Å². The fourth-order valence-electron chi connectivity index (χ4n) is 12.7. The molecule has 0 spiro atoms. The van der Waals surface area contributed by atoms with Crippen molar-refractivity contribution in [3.8, 4) is 0 Å². The third-order valence-corrected chi connectivity index (χ3v) is 14.8. The predicted octanol–water partition coefficient (Wildman–Crippen LogP) is 14.6. The van der Waals surface area contributed by atoms with Crippen molar-refractivity contribution in [2.75, 3.05) is 4.90 Å². The Labute approximate surface area is 342 Å². The van der Waals surface area contributed by atoms with Gasteiger partial charge in [0.05, 0.1) is 0 Å². The molecule has 0 amide bonds. The summed E-state index contributed by atoms with van der Waals surface area (Å²) < 4.78 is 0. The van der Waals surface area contributed by atoms with E-state index in [9.17, 15) is 0 Å². The van der Waals surface area contributed by atoms with E-state index in [4.69, 9.17) is 0 Å². The minimum absolute atomic E-state index is 0.168. The van der Waals surface area contributed by atoms with Crippen LogP contribution in [0.4, 0.5) is 11.4 Å². The smallest absolute Gasteiger partial charge is 0.0500 e. The van der Waals surface area contributed by atoms with E-state index in [-0.39, 0.29) is 10.8 Å². The molecule has 5 aliphatic rings. The summed E-state index contributed by atoms with van der Waals surface area (Å²) in [5, 5.41) is 0. The van der Waals surface area contributed by atoms with Crippen molar-refractivity contribution in [3.63, 3.8) is 0 Å². The SMILES string of the molecule is CCC1CC(C2C3(c4cc(C)cc(C)c4)C[C@@]23c2cc(C)cc(C)c2)=C2C=CC3c4c(ccc1c42)C(N(c1cc(C)cc(C)c1)c1cc(C)cc(C)c1)=CC3CC. The first-order valence-corrected chi connectivity index (χ1v) is 21.8. The number of hydrogen-bond donors (Lipinski definition) is 0. The minimum atomic E-state index is 0.168. The first kappa shape index (κ1) is 36.5. The molecule has 10 rings (SSSR count). The molecule has 0 bridgehead atoms. The normalized spacial score (nSPS) is 26.2. The highest BCUT2D eigenvalue weighted by Gasteiger charge is 2.92. The molecular weight excluding hydrogens is 687 g/mol. The number of benzene rings is 5. The zero-order valence-electron chi connectivity index (χ0n) is 35.9. The van der Waals surface area contributed by atoms with Crippen LogP contribution >= 0.6 is 0 Å². The first-order valence-electron chi connectivity index (χ1n) is 21.8.